The molecule has 1 saturated carbocycles. The standard InChI is InChI=1S/C30H30N2O5/c1-19-2-8-23(31-29(35)30(12-13-30)22-7-9-26-27(16-22)37-18-36-26)17-25(19)20-3-5-21(6-4-20)28(34)32-14-10-24(33)11-15-32/h2-9,16-17,24,33H,10-15,18H2,1H3,(H,31,35). The Hall–Kier alpha value is -3.84. The minimum absolute atomic E-state index is 0.00515. The number of aliphatic hydroxyl groups is 1. The average Bonchev–Trinajstić information content (AvgIpc) is 3.60. The molecule has 0 unspecified atom stereocenters. The van der Waals surface area contributed by atoms with Crippen molar-refractivity contribution >= 4 is 17.5 Å². The molecule has 0 aromatic heterocycles. The molecular weight excluding hydrogens is 468 g/mol. The van der Waals surface area contributed by atoms with Crippen molar-refractivity contribution in [2.24, 2.45) is 0 Å². The lowest BCUT2D eigenvalue weighted by Gasteiger charge is -2.29. The maximum atomic E-state index is 13.4. The van der Waals surface area contributed by atoms with Gasteiger partial charge >= 0.3 is 0 Å². The topological polar surface area (TPSA) is 88.1 Å². The fourth-order valence-corrected chi connectivity index (χ4v) is 5.27. The van der Waals surface area contributed by atoms with Gasteiger partial charge in [0.25, 0.3) is 5.91 Å². The number of aliphatic hydroxyl groups excluding tert-OH is 1. The molecule has 0 bridgehead atoms. The van der Waals surface area contributed by atoms with Crippen molar-refractivity contribution in [3.8, 4) is 22.6 Å². The highest BCUT2D eigenvalue weighted by molar-refractivity contribution is 6.02. The Morgan fingerprint density at radius 2 is 1.68 bits per heavy atom. The van der Waals surface area contributed by atoms with Gasteiger partial charge in [0.05, 0.1) is 11.5 Å². The van der Waals surface area contributed by atoms with Crippen molar-refractivity contribution < 1.29 is 24.2 Å². The van der Waals surface area contributed by atoms with Crippen LogP contribution in [0.15, 0.2) is 60.7 Å². The molecule has 2 fully saturated rings. The van der Waals surface area contributed by atoms with E-state index in [0.717, 1.165) is 40.8 Å². The highest BCUT2D eigenvalue weighted by Crippen LogP contribution is 2.51. The minimum Gasteiger partial charge on any atom is -0.454 e. The molecule has 6 rings (SSSR count). The van der Waals surface area contributed by atoms with E-state index >= 15 is 0 Å². The van der Waals surface area contributed by atoms with Crippen LogP contribution < -0.4 is 14.8 Å². The molecule has 3 aliphatic rings. The van der Waals surface area contributed by atoms with E-state index in [4.69, 9.17) is 9.47 Å². The normalized spacial score (nSPS) is 17.9. The Balaban J connectivity index is 1.18. The van der Waals surface area contributed by atoms with E-state index < -0.39 is 5.41 Å². The third kappa shape index (κ3) is 4.44. The summed E-state index contributed by atoms with van der Waals surface area (Å²) >= 11 is 0. The van der Waals surface area contributed by atoms with Crippen LogP contribution in [0.2, 0.25) is 0 Å². The van der Waals surface area contributed by atoms with Crippen LogP contribution >= 0.6 is 0 Å². The van der Waals surface area contributed by atoms with Crippen molar-refractivity contribution in [3.05, 3.63) is 77.4 Å². The van der Waals surface area contributed by atoms with E-state index in [9.17, 15) is 14.7 Å². The molecule has 7 nitrogen and oxygen atoms in total. The maximum absolute atomic E-state index is 13.4. The summed E-state index contributed by atoms with van der Waals surface area (Å²) in [6, 6.07) is 19.3. The summed E-state index contributed by atoms with van der Waals surface area (Å²) in [6.45, 7) is 3.41. The predicted molar refractivity (Wildman–Crippen MR) is 140 cm³/mol. The molecule has 0 spiro atoms. The van der Waals surface area contributed by atoms with Gasteiger partial charge in [-0.1, -0.05) is 24.3 Å². The first kappa shape index (κ1) is 23.6. The smallest absolute Gasteiger partial charge is 0.253 e. The van der Waals surface area contributed by atoms with Gasteiger partial charge in [-0.2, -0.15) is 0 Å². The summed E-state index contributed by atoms with van der Waals surface area (Å²) in [7, 11) is 0. The second-order valence-corrected chi connectivity index (χ2v) is 10.2. The Kier molecular flexibility index (Phi) is 5.88. The Bertz CT molecular complexity index is 1350. The summed E-state index contributed by atoms with van der Waals surface area (Å²) in [4.78, 5) is 28.0. The van der Waals surface area contributed by atoms with Crippen LogP contribution in [-0.4, -0.2) is 47.8 Å². The Morgan fingerprint density at radius 3 is 2.41 bits per heavy atom. The number of fused-ring (bicyclic) bond motifs is 1. The first-order chi connectivity index (χ1) is 17.9. The number of hydrogen-bond donors (Lipinski definition) is 2. The fraction of sp³-hybridized carbons (Fsp3) is 0.333. The molecule has 37 heavy (non-hydrogen) atoms. The molecule has 7 heteroatoms. The van der Waals surface area contributed by atoms with E-state index in [1.807, 2.05) is 67.6 Å². The van der Waals surface area contributed by atoms with Crippen molar-refractivity contribution in [3.63, 3.8) is 0 Å². The van der Waals surface area contributed by atoms with E-state index in [0.29, 0.717) is 43.0 Å². The zero-order chi connectivity index (χ0) is 25.6. The third-order valence-corrected chi connectivity index (χ3v) is 7.80. The monoisotopic (exact) mass is 498 g/mol. The highest BCUT2D eigenvalue weighted by atomic mass is 16.7. The van der Waals surface area contributed by atoms with Crippen LogP contribution in [-0.2, 0) is 10.2 Å². The van der Waals surface area contributed by atoms with Crippen LogP contribution in [0, 0.1) is 6.92 Å². The summed E-state index contributed by atoms with van der Waals surface area (Å²) in [5.41, 5.74) is 4.86. The molecule has 0 radical (unpaired) electrons. The quantitative estimate of drug-likeness (QED) is 0.534. The van der Waals surface area contributed by atoms with E-state index in [2.05, 4.69) is 5.32 Å². The number of ether oxygens (including phenoxy) is 2. The van der Waals surface area contributed by atoms with Gasteiger partial charge in [-0.05, 0) is 91.3 Å². The molecule has 2 aliphatic heterocycles. The molecule has 190 valence electrons. The number of nitrogens with one attached hydrogen (secondary N) is 1. The fourth-order valence-electron chi connectivity index (χ4n) is 5.27. The lowest BCUT2D eigenvalue weighted by atomic mass is 9.94. The molecule has 1 aliphatic carbocycles. The number of benzene rings is 3. The summed E-state index contributed by atoms with van der Waals surface area (Å²) in [6.07, 6.45) is 2.52. The lowest BCUT2D eigenvalue weighted by Crippen LogP contribution is -2.40. The largest absolute Gasteiger partial charge is 0.454 e. The number of hydrogen-bond acceptors (Lipinski definition) is 5. The van der Waals surface area contributed by atoms with E-state index in [1.54, 1.807) is 4.90 Å². The number of aryl methyl sites for hydroxylation is 1. The number of anilines is 1. The lowest BCUT2D eigenvalue weighted by molar-refractivity contribution is -0.118. The van der Waals surface area contributed by atoms with E-state index in [-0.39, 0.29) is 24.7 Å². The van der Waals surface area contributed by atoms with Crippen molar-refractivity contribution in [1.29, 1.82) is 0 Å². The maximum Gasteiger partial charge on any atom is 0.253 e. The van der Waals surface area contributed by atoms with Gasteiger partial charge in [0.1, 0.15) is 0 Å². The van der Waals surface area contributed by atoms with Gasteiger partial charge in [0, 0.05) is 24.3 Å². The summed E-state index contributed by atoms with van der Waals surface area (Å²) in [5.74, 6) is 1.38. The van der Waals surface area contributed by atoms with Crippen LogP contribution in [0.4, 0.5) is 5.69 Å². The van der Waals surface area contributed by atoms with Gasteiger partial charge in [-0.25, -0.2) is 0 Å². The third-order valence-electron chi connectivity index (χ3n) is 7.80. The minimum atomic E-state index is -0.543. The predicted octanol–water partition coefficient (Wildman–Crippen LogP) is 4.66. The number of amides is 2. The van der Waals surface area contributed by atoms with Crippen molar-refractivity contribution in [1.82, 2.24) is 4.90 Å². The SMILES string of the molecule is Cc1ccc(NC(=O)C2(c3ccc4c(c3)OCO4)CC2)cc1-c1ccc(C(=O)N2CCC(O)CC2)cc1. The van der Waals surface area contributed by atoms with Crippen molar-refractivity contribution in [2.75, 3.05) is 25.2 Å². The van der Waals surface area contributed by atoms with Gasteiger partial charge in [0.2, 0.25) is 12.7 Å². The molecule has 3 aromatic rings. The van der Waals surface area contributed by atoms with E-state index in [1.165, 1.54) is 0 Å². The van der Waals surface area contributed by atoms with Gasteiger partial charge in [-0.3, -0.25) is 9.59 Å². The second-order valence-electron chi connectivity index (χ2n) is 10.2. The zero-order valence-corrected chi connectivity index (χ0v) is 20.8. The van der Waals surface area contributed by atoms with Gasteiger partial charge in [0.15, 0.2) is 11.5 Å². The van der Waals surface area contributed by atoms with Crippen LogP contribution in [0.5, 0.6) is 11.5 Å². The summed E-state index contributed by atoms with van der Waals surface area (Å²) < 4.78 is 10.9. The van der Waals surface area contributed by atoms with Crippen LogP contribution in [0.25, 0.3) is 11.1 Å². The van der Waals surface area contributed by atoms with Gasteiger partial charge < -0.3 is 24.8 Å². The molecular formula is C30H30N2O5. The average molecular weight is 499 g/mol. The molecule has 2 N–H and O–H groups in total. The first-order valence-corrected chi connectivity index (χ1v) is 12.8. The van der Waals surface area contributed by atoms with Crippen LogP contribution in [0.1, 0.15) is 47.2 Å². The Morgan fingerprint density at radius 1 is 0.946 bits per heavy atom. The molecule has 3 aromatic carbocycles. The van der Waals surface area contributed by atoms with Crippen LogP contribution in [0.3, 0.4) is 0 Å². The first-order valence-electron chi connectivity index (χ1n) is 12.8. The van der Waals surface area contributed by atoms with Gasteiger partial charge in [-0.15, -0.1) is 0 Å². The highest BCUT2D eigenvalue weighted by Gasteiger charge is 2.51. The number of likely N-dealkylation sites (tertiary alicyclic amines) is 1. The van der Waals surface area contributed by atoms with Crippen molar-refractivity contribution in [2.45, 2.75) is 44.1 Å². The number of nitrogens with zero attached hydrogens (tertiary/aromatic N) is 1. The molecule has 2 heterocycles. The Labute approximate surface area is 216 Å². The number of carbonyl (C=O) groups is 2. The molecule has 1 saturated heterocycles. The molecule has 0 atom stereocenters. The number of rotatable bonds is 5. The summed E-state index contributed by atoms with van der Waals surface area (Å²) in [5, 5.41) is 12.8. The number of piperidine rings is 1. The molecule has 2 amide bonds. The zero-order valence-electron chi connectivity index (χ0n) is 20.8. The second kappa shape index (κ2) is 9.23. The number of carbonyl (C=O) groups excluding carboxylic acids is 2.